The van der Waals surface area contributed by atoms with Gasteiger partial charge in [0.1, 0.15) is 16.3 Å². The molecule has 0 saturated carbocycles. The topological polar surface area (TPSA) is 122 Å². The van der Waals surface area contributed by atoms with Gasteiger partial charge in [0.2, 0.25) is 11.7 Å². The molecule has 0 bridgehead atoms. The number of carbonyl (C=O) groups excluding carboxylic acids is 1. The van der Waals surface area contributed by atoms with E-state index in [0.29, 0.717) is 0 Å². The molecule has 1 aromatic carbocycles. The van der Waals surface area contributed by atoms with Crippen molar-refractivity contribution in [3.8, 4) is 5.88 Å². The van der Waals surface area contributed by atoms with Crippen molar-refractivity contribution in [3.63, 3.8) is 0 Å². The number of aryl methyl sites for hydroxylation is 1. The summed E-state index contributed by atoms with van der Waals surface area (Å²) in [6.07, 6.45) is 1.38. The maximum Gasteiger partial charge on any atom is 0.307 e. The van der Waals surface area contributed by atoms with Crippen LogP contribution in [-0.4, -0.2) is 51.5 Å². The van der Waals surface area contributed by atoms with Crippen LogP contribution in [0.5, 0.6) is 5.88 Å². The number of nitrogens with zero attached hydrogens (tertiary/aromatic N) is 2. The Kier molecular flexibility index (Phi) is 5.78. The Bertz CT molecular complexity index is 1230. The first-order valence-electron chi connectivity index (χ1n) is 8.99. The number of carbonyl (C=O) groups is 1. The number of hydrogen-bond acceptors (Lipinski definition) is 8. The highest BCUT2D eigenvalue weighted by Gasteiger charge is 2.37. The Morgan fingerprint density at radius 3 is 2.60 bits per heavy atom. The molecular weight excluding hydrogens is 439 g/mol. The minimum absolute atomic E-state index is 0.0977. The van der Waals surface area contributed by atoms with Crippen molar-refractivity contribution in [2.45, 2.75) is 37.8 Å². The van der Waals surface area contributed by atoms with Gasteiger partial charge in [-0.2, -0.15) is 13.5 Å². The van der Waals surface area contributed by atoms with Gasteiger partial charge in [0.25, 0.3) is 0 Å². The molecule has 0 N–H and O–H groups in total. The minimum Gasteiger partial charge on any atom is -0.377 e. The molecule has 1 atom stereocenters. The van der Waals surface area contributed by atoms with Gasteiger partial charge >= 0.3 is 10.1 Å². The molecule has 0 aliphatic carbocycles. The van der Waals surface area contributed by atoms with Crippen molar-refractivity contribution in [1.82, 2.24) is 9.78 Å². The summed E-state index contributed by atoms with van der Waals surface area (Å²) in [5, 5.41) is 3.95. The summed E-state index contributed by atoms with van der Waals surface area (Å²) in [5.41, 5.74) is 0.0263. The highest BCUT2D eigenvalue weighted by molar-refractivity contribution is 7.91. The van der Waals surface area contributed by atoms with E-state index in [1.165, 1.54) is 18.7 Å². The first-order valence-corrected chi connectivity index (χ1v) is 12.5. The second kappa shape index (κ2) is 7.75. The summed E-state index contributed by atoms with van der Waals surface area (Å²) in [7, 11) is -6.45. The van der Waals surface area contributed by atoms with Gasteiger partial charge in [-0.05, 0) is 31.9 Å². The van der Waals surface area contributed by atoms with Gasteiger partial charge in [0.15, 0.2) is 9.84 Å². The Morgan fingerprint density at radius 1 is 1.37 bits per heavy atom. The molecule has 2 heterocycles. The fourth-order valence-electron chi connectivity index (χ4n) is 3.56. The van der Waals surface area contributed by atoms with E-state index in [2.05, 4.69) is 5.10 Å². The van der Waals surface area contributed by atoms with E-state index in [9.17, 15) is 26.0 Å². The van der Waals surface area contributed by atoms with Crippen molar-refractivity contribution >= 4 is 25.7 Å². The lowest BCUT2D eigenvalue weighted by Crippen LogP contribution is -2.25. The highest BCUT2D eigenvalue weighted by atomic mass is 32.2. The fraction of sp³-hybridized carbons (Fsp3) is 0.444. The normalized spacial score (nSPS) is 18.1. The average molecular weight is 461 g/mol. The summed E-state index contributed by atoms with van der Waals surface area (Å²) in [4.78, 5) is 12.7. The SMILES string of the molecule is CCn1ncc(C(=O)c2cc(F)c3c(c2C)C(OC)CCS3(=O)=O)c1OS(C)(=O)=O. The van der Waals surface area contributed by atoms with Gasteiger partial charge in [-0.15, -0.1) is 0 Å². The van der Waals surface area contributed by atoms with Crippen LogP contribution in [-0.2, 0) is 31.2 Å². The molecule has 0 spiro atoms. The fourth-order valence-corrected chi connectivity index (χ4v) is 5.73. The van der Waals surface area contributed by atoms with Crippen LogP contribution >= 0.6 is 0 Å². The predicted octanol–water partition coefficient (Wildman–Crippen LogP) is 1.78. The van der Waals surface area contributed by atoms with Crippen LogP contribution in [0.15, 0.2) is 17.2 Å². The summed E-state index contributed by atoms with van der Waals surface area (Å²) >= 11 is 0. The molecule has 0 fully saturated rings. The van der Waals surface area contributed by atoms with Gasteiger partial charge in [0, 0.05) is 24.8 Å². The number of halogens is 1. The van der Waals surface area contributed by atoms with E-state index in [-0.39, 0.29) is 46.9 Å². The van der Waals surface area contributed by atoms with E-state index in [1.807, 2.05) is 0 Å². The van der Waals surface area contributed by atoms with Crippen LogP contribution in [0.1, 0.15) is 46.5 Å². The first kappa shape index (κ1) is 22.4. The van der Waals surface area contributed by atoms with Crippen LogP contribution in [0.25, 0.3) is 0 Å². The van der Waals surface area contributed by atoms with E-state index >= 15 is 0 Å². The third-order valence-corrected chi connectivity index (χ3v) is 7.19. The molecule has 12 heteroatoms. The summed E-state index contributed by atoms with van der Waals surface area (Å²) in [6, 6.07) is 0.847. The number of ketones is 1. The van der Waals surface area contributed by atoms with Crippen molar-refractivity contribution in [2.75, 3.05) is 19.1 Å². The van der Waals surface area contributed by atoms with Gasteiger partial charge in [0.05, 0.1) is 24.3 Å². The van der Waals surface area contributed by atoms with Gasteiger partial charge in [-0.1, -0.05) is 0 Å². The zero-order valence-corrected chi connectivity index (χ0v) is 18.4. The molecule has 1 aromatic heterocycles. The Hall–Kier alpha value is -2.31. The van der Waals surface area contributed by atoms with E-state index < -0.39 is 42.6 Å². The largest absolute Gasteiger partial charge is 0.377 e. The van der Waals surface area contributed by atoms with Crippen molar-refractivity contribution in [3.05, 3.63) is 40.3 Å². The lowest BCUT2D eigenvalue weighted by atomic mass is 9.92. The second-order valence-corrected chi connectivity index (χ2v) is 10.5. The number of rotatable bonds is 6. The average Bonchev–Trinajstić information content (AvgIpc) is 3.04. The molecule has 164 valence electrons. The lowest BCUT2D eigenvalue weighted by molar-refractivity contribution is 0.0944. The van der Waals surface area contributed by atoms with E-state index in [4.69, 9.17) is 8.92 Å². The molecule has 1 aliphatic rings. The Morgan fingerprint density at radius 2 is 2.03 bits per heavy atom. The lowest BCUT2D eigenvalue weighted by Gasteiger charge is -2.27. The number of aromatic nitrogens is 2. The molecule has 3 rings (SSSR count). The number of fused-ring (bicyclic) bond motifs is 1. The minimum atomic E-state index is -3.97. The number of ether oxygens (including phenoxy) is 1. The third-order valence-electron chi connectivity index (χ3n) is 4.92. The predicted molar refractivity (Wildman–Crippen MR) is 104 cm³/mol. The summed E-state index contributed by atoms with van der Waals surface area (Å²) < 4.78 is 74.5. The quantitative estimate of drug-likeness (QED) is 0.472. The van der Waals surface area contributed by atoms with Crippen molar-refractivity contribution < 1.29 is 34.9 Å². The van der Waals surface area contributed by atoms with Crippen molar-refractivity contribution in [1.29, 1.82) is 0 Å². The number of sulfone groups is 1. The summed E-state index contributed by atoms with van der Waals surface area (Å²) in [6.45, 7) is 3.40. The maximum atomic E-state index is 14.9. The van der Waals surface area contributed by atoms with Crippen molar-refractivity contribution in [2.24, 2.45) is 0 Å². The molecular formula is C18H21FN2O7S2. The van der Waals surface area contributed by atoms with Gasteiger partial charge < -0.3 is 8.92 Å². The molecule has 2 aromatic rings. The van der Waals surface area contributed by atoms with E-state index in [0.717, 1.165) is 18.5 Å². The van der Waals surface area contributed by atoms with Crippen LogP contribution in [0, 0.1) is 12.7 Å². The molecule has 0 radical (unpaired) electrons. The van der Waals surface area contributed by atoms with Crippen LogP contribution in [0.3, 0.4) is 0 Å². The molecule has 30 heavy (non-hydrogen) atoms. The number of benzene rings is 1. The van der Waals surface area contributed by atoms with Crippen LogP contribution in [0.2, 0.25) is 0 Å². The smallest absolute Gasteiger partial charge is 0.307 e. The van der Waals surface area contributed by atoms with E-state index in [1.54, 1.807) is 6.92 Å². The zero-order valence-electron chi connectivity index (χ0n) is 16.8. The molecule has 9 nitrogen and oxygen atoms in total. The second-order valence-electron chi connectivity index (χ2n) is 6.90. The van der Waals surface area contributed by atoms with Gasteiger partial charge in [-0.25, -0.2) is 17.5 Å². The zero-order chi connectivity index (χ0) is 22.4. The molecule has 1 unspecified atom stereocenters. The Balaban J connectivity index is 2.23. The number of hydrogen-bond donors (Lipinski definition) is 0. The standard InChI is InChI=1S/C18H21FN2O7S2/c1-5-21-18(28-29(4,23)24)12(9-20-21)16(22)11-8-13(19)17-15(10(11)2)14(27-3)6-7-30(17,25)26/h8-9,14H,5-7H2,1-4H3. The molecule has 1 aliphatic heterocycles. The monoisotopic (exact) mass is 460 g/mol. The molecule has 0 saturated heterocycles. The third kappa shape index (κ3) is 3.86. The maximum absolute atomic E-state index is 14.9. The number of methoxy groups -OCH3 is 1. The van der Waals surface area contributed by atoms with Gasteiger partial charge in [-0.3, -0.25) is 4.79 Å². The first-order chi connectivity index (χ1) is 13.9. The molecule has 0 amide bonds. The highest BCUT2D eigenvalue weighted by Crippen LogP contribution is 2.40. The Labute approximate surface area is 173 Å². The van der Waals surface area contributed by atoms with Crippen LogP contribution < -0.4 is 4.18 Å². The van der Waals surface area contributed by atoms with Crippen LogP contribution in [0.4, 0.5) is 4.39 Å². The summed E-state index contributed by atoms with van der Waals surface area (Å²) in [5.74, 6) is -2.37.